The molecule has 1 aromatic heterocycles. The number of aromatic nitrogens is 1. The number of rotatable bonds is 7. The van der Waals surface area contributed by atoms with E-state index < -0.39 is 0 Å². The molecule has 5 nitrogen and oxygen atoms in total. The molecule has 0 saturated heterocycles. The molecule has 0 fully saturated rings. The topological polar surface area (TPSA) is 60.2 Å². The van der Waals surface area contributed by atoms with Crippen molar-refractivity contribution in [3.8, 4) is 6.07 Å². The molecular weight excluding hydrogens is 300 g/mol. The van der Waals surface area contributed by atoms with Crippen molar-refractivity contribution in [2.75, 3.05) is 25.0 Å². The van der Waals surface area contributed by atoms with Gasteiger partial charge in [0, 0.05) is 37.6 Å². The minimum atomic E-state index is -0.0818. The molecule has 0 aliphatic heterocycles. The van der Waals surface area contributed by atoms with Crippen molar-refractivity contribution in [1.29, 1.82) is 5.26 Å². The summed E-state index contributed by atoms with van der Waals surface area (Å²) in [5, 5.41) is 8.85. The van der Waals surface area contributed by atoms with E-state index in [1.165, 1.54) is 0 Å². The molecule has 2 rings (SSSR count). The number of carbonyl (C=O) groups excluding carboxylic acids is 1. The van der Waals surface area contributed by atoms with Crippen molar-refractivity contribution in [3.63, 3.8) is 0 Å². The van der Waals surface area contributed by atoms with Gasteiger partial charge in [-0.2, -0.15) is 5.26 Å². The molecule has 1 aromatic carbocycles. The molecular formula is C19H22N4O. The minimum Gasteiger partial charge on any atom is -0.375 e. The number of pyridine rings is 1. The van der Waals surface area contributed by atoms with Gasteiger partial charge < -0.3 is 9.80 Å². The van der Waals surface area contributed by atoms with Gasteiger partial charge in [-0.15, -0.1) is 0 Å². The molecule has 0 aliphatic rings. The van der Waals surface area contributed by atoms with Gasteiger partial charge in [-0.25, -0.2) is 0 Å². The van der Waals surface area contributed by atoms with E-state index in [0.717, 1.165) is 17.9 Å². The van der Waals surface area contributed by atoms with E-state index >= 15 is 0 Å². The van der Waals surface area contributed by atoms with E-state index in [2.05, 4.69) is 22.9 Å². The van der Waals surface area contributed by atoms with Gasteiger partial charge in [0.2, 0.25) is 0 Å². The highest BCUT2D eigenvalue weighted by Gasteiger charge is 2.16. The third-order valence-electron chi connectivity index (χ3n) is 3.89. The Labute approximate surface area is 143 Å². The maximum Gasteiger partial charge on any atom is 0.254 e. The number of anilines is 1. The number of benzene rings is 1. The second-order valence-electron chi connectivity index (χ2n) is 5.52. The van der Waals surface area contributed by atoms with Crippen LogP contribution in [0.3, 0.4) is 0 Å². The van der Waals surface area contributed by atoms with Gasteiger partial charge in [-0.1, -0.05) is 6.07 Å². The quantitative estimate of drug-likeness (QED) is 0.786. The second kappa shape index (κ2) is 8.68. The summed E-state index contributed by atoms with van der Waals surface area (Å²) < 4.78 is 0. The molecule has 0 radical (unpaired) electrons. The highest BCUT2D eigenvalue weighted by atomic mass is 16.2. The first-order chi connectivity index (χ1) is 11.7. The number of nitrogens with zero attached hydrogens (tertiary/aromatic N) is 4. The van der Waals surface area contributed by atoms with E-state index in [4.69, 9.17) is 5.26 Å². The molecule has 0 spiro atoms. The van der Waals surface area contributed by atoms with E-state index in [-0.39, 0.29) is 5.91 Å². The largest absolute Gasteiger partial charge is 0.375 e. The third-order valence-corrected chi connectivity index (χ3v) is 3.89. The summed E-state index contributed by atoms with van der Waals surface area (Å²) >= 11 is 0. The number of nitriles is 1. The molecule has 124 valence electrons. The molecule has 0 N–H and O–H groups in total. The standard InChI is InChI=1S/C19H22N4O/c1-3-22(2)18-10-8-16(9-11-18)19(24)23(14-6-12-20)15-17-7-4-5-13-21-17/h4-5,7-11,13H,3,6,14-15H2,1-2H3. The Morgan fingerprint density at radius 1 is 1.21 bits per heavy atom. The average molecular weight is 322 g/mol. The molecule has 24 heavy (non-hydrogen) atoms. The molecule has 2 aromatic rings. The number of hydrogen-bond acceptors (Lipinski definition) is 4. The van der Waals surface area contributed by atoms with Crippen LogP contribution in [0.2, 0.25) is 0 Å². The van der Waals surface area contributed by atoms with Crippen LogP contribution in [0.5, 0.6) is 0 Å². The van der Waals surface area contributed by atoms with Crippen LogP contribution in [-0.2, 0) is 6.54 Å². The molecule has 1 heterocycles. The summed E-state index contributed by atoms with van der Waals surface area (Å²) in [6, 6.07) is 15.3. The summed E-state index contributed by atoms with van der Waals surface area (Å²) in [7, 11) is 2.01. The van der Waals surface area contributed by atoms with Crippen LogP contribution in [0.4, 0.5) is 5.69 Å². The van der Waals surface area contributed by atoms with Gasteiger partial charge in [-0.05, 0) is 43.3 Å². The van der Waals surface area contributed by atoms with Crippen LogP contribution in [0.1, 0.15) is 29.4 Å². The highest BCUT2D eigenvalue weighted by molar-refractivity contribution is 5.94. The van der Waals surface area contributed by atoms with Crippen molar-refractivity contribution in [2.24, 2.45) is 0 Å². The summed E-state index contributed by atoms with van der Waals surface area (Å²) in [4.78, 5) is 20.8. The van der Waals surface area contributed by atoms with Gasteiger partial charge in [0.05, 0.1) is 24.7 Å². The zero-order chi connectivity index (χ0) is 17.4. The Morgan fingerprint density at radius 2 is 1.96 bits per heavy atom. The Hall–Kier alpha value is -2.87. The lowest BCUT2D eigenvalue weighted by Crippen LogP contribution is -2.31. The SMILES string of the molecule is CCN(C)c1ccc(C(=O)N(CCC#N)Cc2ccccn2)cc1. The fourth-order valence-electron chi connectivity index (χ4n) is 2.35. The minimum absolute atomic E-state index is 0.0818. The van der Waals surface area contributed by atoms with E-state index in [1.807, 2.05) is 49.5 Å². The zero-order valence-electron chi connectivity index (χ0n) is 14.1. The summed E-state index contributed by atoms with van der Waals surface area (Å²) in [6.45, 7) is 3.78. The number of amides is 1. The fraction of sp³-hybridized carbons (Fsp3) is 0.316. The van der Waals surface area contributed by atoms with Crippen LogP contribution in [-0.4, -0.2) is 35.9 Å². The van der Waals surface area contributed by atoms with Gasteiger partial charge in [0.25, 0.3) is 5.91 Å². The summed E-state index contributed by atoms with van der Waals surface area (Å²) in [5.41, 5.74) is 2.51. The van der Waals surface area contributed by atoms with Crippen LogP contribution >= 0.6 is 0 Å². The number of hydrogen-bond donors (Lipinski definition) is 0. The first-order valence-corrected chi connectivity index (χ1v) is 8.03. The molecule has 0 unspecified atom stereocenters. The molecule has 0 atom stereocenters. The lowest BCUT2D eigenvalue weighted by atomic mass is 10.1. The summed E-state index contributed by atoms with van der Waals surface area (Å²) in [6.07, 6.45) is 2.01. The van der Waals surface area contributed by atoms with Gasteiger partial charge >= 0.3 is 0 Å². The predicted molar refractivity (Wildman–Crippen MR) is 94.6 cm³/mol. The van der Waals surface area contributed by atoms with Crippen molar-refractivity contribution in [2.45, 2.75) is 19.9 Å². The zero-order valence-corrected chi connectivity index (χ0v) is 14.1. The lowest BCUT2D eigenvalue weighted by Gasteiger charge is -2.22. The third kappa shape index (κ3) is 4.56. The molecule has 0 bridgehead atoms. The van der Waals surface area contributed by atoms with Crippen LogP contribution in [0.25, 0.3) is 0 Å². The molecule has 5 heteroatoms. The number of carbonyl (C=O) groups is 1. The van der Waals surface area contributed by atoms with Gasteiger partial charge in [0.1, 0.15) is 0 Å². The van der Waals surface area contributed by atoms with Gasteiger partial charge in [0.15, 0.2) is 0 Å². The van der Waals surface area contributed by atoms with Crippen molar-refractivity contribution < 1.29 is 4.79 Å². The first kappa shape index (κ1) is 17.5. The molecule has 0 aliphatic carbocycles. The second-order valence-corrected chi connectivity index (χ2v) is 5.52. The van der Waals surface area contributed by atoms with Crippen LogP contribution in [0.15, 0.2) is 48.7 Å². The maximum absolute atomic E-state index is 12.8. The predicted octanol–water partition coefficient (Wildman–Crippen LogP) is 3.09. The van der Waals surface area contributed by atoms with Crippen molar-refractivity contribution >= 4 is 11.6 Å². The van der Waals surface area contributed by atoms with Crippen LogP contribution in [0, 0.1) is 11.3 Å². The maximum atomic E-state index is 12.8. The summed E-state index contributed by atoms with van der Waals surface area (Å²) in [5.74, 6) is -0.0818. The smallest absolute Gasteiger partial charge is 0.254 e. The molecule has 0 saturated carbocycles. The lowest BCUT2D eigenvalue weighted by molar-refractivity contribution is 0.0745. The average Bonchev–Trinajstić information content (AvgIpc) is 2.65. The van der Waals surface area contributed by atoms with E-state index in [9.17, 15) is 4.79 Å². The Morgan fingerprint density at radius 3 is 2.54 bits per heavy atom. The monoisotopic (exact) mass is 322 g/mol. The Bertz CT molecular complexity index is 692. The van der Waals surface area contributed by atoms with Crippen LogP contribution < -0.4 is 4.90 Å². The Balaban J connectivity index is 2.16. The van der Waals surface area contributed by atoms with Crippen molar-refractivity contribution in [3.05, 3.63) is 59.9 Å². The Kier molecular flexibility index (Phi) is 6.32. The highest BCUT2D eigenvalue weighted by Crippen LogP contribution is 2.16. The van der Waals surface area contributed by atoms with E-state index in [1.54, 1.807) is 11.1 Å². The first-order valence-electron chi connectivity index (χ1n) is 8.03. The normalized spacial score (nSPS) is 10.0. The van der Waals surface area contributed by atoms with Gasteiger partial charge in [-0.3, -0.25) is 9.78 Å². The molecule has 1 amide bonds. The van der Waals surface area contributed by atoms with E-state index in [0.29, 0.717) is 25.1 Å². The van der Waals surface area contributed by atoms with Crippen molar-refractivity contribution in [1.82, 2.24) is 9.88 Å². The fourth-order valence-corrected chi connectivity index (χ4v) is 2.35.